The van der Waals surface area contributed by atoms with Gasteiger partial charge in [-0.05, 0) is 23.3 Å². The highest BCUT2D eigenvalue weighted by molar-refractivity contribution is 5.72. The van der Waals surface area contributed by atoms with Crippen molar-refractivity contribution in [3.63, 3.8) is 0 Å². The Morgan fingerprint density at radius 1 is 0.773 bits per heavy atom. The molecule has 2 aromatic rings. The smallest absolute Gasteiger partial charge is 0.314 e. The fraction of sp³-hybridized carbons (Fsp3) is 0. The summed E-state index contributed by atoms with van der Waals surface area (Å²) in [5.74, 6) is -5.11. The highest BCUT2D eigenvalue weighted by Crippen LogP contribution is 2.38. The standard InChI is InChI=1S/C12H6F2N2O6/c13-7-1-5(3-9(11(7)17)15(19)20)6-2-8(14)12(18)10(4-6)16(21)22/h1-4,17-18H. The van der Waals surface area contributed by atoms with E-state index >= 15 is 0 Å². The molecule has 0 spiro atoms. The Morgan fingerprint density at radius 2 is 1.09 bits per heavy atom. The van der Waals surface area contributed by atoms with Gasteiger partial charge in [-0.15, -0.1) is 0 Å². The van der Waals surface area contributed by atoms with Gasteiger partial charge in [-0.1, -0.05) is 0 Å². The van der Waals surface area contributed by atoms with Crippen LogP contribution < -0.4 is 0 Å². The fourth-order valence-electron chi connectivity index (χ4n) is 1.78. The number of nitro groups is 2. The minimum atomic E-state index is -1.35. The van der Waals surface area contributed by atoms with Gasteiger partial charge < -0.3 is 10.2 Å². The number of hydrogen-bond donors (Lipinski definition) is 2. The summed E-state index contributed by atoms with van der Waals surface area (Å²) in [7, 11) is 0. The van der Waals surface area contributed by atoms with Gasteiger partial charge in [0.05, 0.1) is 9.85 Å². The zero-order chi connectivity index (χ0) is 16.6. The lowest BCUT2D eigenvalue weighted by Crippen LogP contribution is -1.95. The minimum Gasteiger partial charge on any atom is -0.500 e. The van der Waals surface area contributed by atoms with Crippen LogP contribution in [0.5, 0.6) is 11.5 Å². The van der Waals surface area contributed by atoms with Gasteiger partial charge in [0.1, 0.15) is 0 Å². The number of rotatable bonds is 3. The van der Waals surface area contributed by atoms with Crippen molar-refractivity contribution in [1.29, 1.82) is 0 Å². The maximum Gasteiger partial charge on any atom is 0.314 e. The Morgan fingerprint density at radius 3 is 1.36 bits per heavy atom. The summed E-state index contributed by atoms with van der Waals surface area (Å²) < 4.78 is 27.0. The molecule has 0 heterocycles. The number of aromatic hydroxyl groups is 2. The Kier molecular flexibility index (Phi) is 3.59. The van der Waals surface area contributed by atoms with Crippen molar-refractivity contribution in [2.24, 2.45) is 0 Å². The summed E-state index contributed by atoms with van der Waals surface area (Å²) in [4.78, 5) is 19.3. The lowest BCUT2D eigenvalue weighted by atomic mass is 10.0. The molecule has 2 N–H and O–H groups in total. The first-order chi connectivity index (χ1) is 10.2. The minimum absolute atomic E-state index is 0.274. The van der Waals surface area contributed by atoms with E-state index in [1.54, 1.807) is 0 Å². The van der Waals surface area contributed by atoms with Crippen LogP contribution in [0.4, 0.5) is 20.2 Å². The Labute approximate surface area is 120 Å². The molecule has 2 rings (SSSR count). The molecule has 0 aliphatic heterocycles. The quantitative estimate of drug-likeness (QED) is 0.662. The highest BCUT2D eigenvalue weighted by atomic mass is 19.1. The second-order valence-electron chi connectivity index (χ2n) is 4.17. The third-order valence-corrected chi connectivity index (χ3v) is 2.81. The van der Waals surface area contributed by atoms with Crippen molar-refractivity contribution < 1.29 is 28.8 Å². The van der Waals surface area contributed by atoms with Crippen molar-refractivity contribution in [2.45, 2.75) is 0 Å². The van der Waals surface area contributed by atoms with Gasteiger partial charge in [-0.2, -0.15) is 0 Å². The second kappa shape index (κ2) is 5.24. The molecule has 0 aromatic heterocycles. The largest absolute Gasteiger partial charge is 0.500 e. The first-order valence-electron chi connectivity index (χ1n) is 5.56. The first-order valence-corrected chi connectivity index (χ1v) is 5.56. The monoisotopic (exact) mass is 312 g/mol. The Balaban J connectivity index is 2.72. The molecule has 0 atom stereocenters. The second-order valence-corrected chi connectivity index (χ2v) is 4.17. The van der Waals surface area contributed by atoms with E-state index in [1.807, 2.05) is 0 Å². The van der Waals surface area contributed by atoms with Crippen LogP contribution in [0.15, 0.2) is 24.3 Å². The number of benzene rings is 2. The van der Waals surface area contributed by atoms with Crippen LogP contribution in [0.2, 0.25) is 0 Å². The van der Waals surface area contributed by atoms with Crippen molar-refractivity contribution in [3.05, 3.63) is 56.1 Å². The normalized spacial score (nSPS) is 10.5. The molecule has 114 valence electrons. The van der Waals surface area contributed by atoms with Gasteiger partial charge in [0.25, 0.3) is 0 Å². The molecule has 0 aliphatic carbocycles. The third kappa shape index (κ3) is 2.49. The molecule has 2 aromatic carbocycles. The first kappa shape index (κ1) is 15.1. The SMILES string of the molecule is O=[N+]([O-])c1cc(-c2cc(F)c(O)c([N+](=O)[O-])c2)cc(F)c1O. The van der Waals surface area contributed by atoms with E-state index in [0.29, 0.717) is 12.1 Å². The number of nitrogens with zero attached hydrogens (tertiary/aromatic N) is 2. The van der Waals surface area contributed by atoms with Crippen LogP contribution in [0.3, 0.4) is 0 Å². The van der Waals surface area contributed by atoms with Crippen LogP contribution in [0, 0.1) is 31.9 Å². The molecular weight excluding hydrogens is 306 g/mol. The van der Waals surface area contributed by atoms with Crippen LogP contribution in [0.1, 0.15) is 0 Å². The maximum absolute atomic E-state index is 13.5. The van der Waals surface area contributed by atoms with E-state index in [4.69, 9.17) is 0 Å². The van der Waals surface area contributed by atoms with E-state index in [9.17, 15) is 39.2 Å². The van der Waals surface area contributed by atoms with Crippen molar-refractivity contribution in [3.8, 4) is 22.6 Å². The van der Waals surface area contributed by atoms with Crippen LogP contribution in [-0.2, 0) is 0 Å². The third-order valence-electron chi connectivity index (χ3n) is 2.81. The summed E-state index contributed by atoms with van der Waals surface area (Å²) in [6.45, 7) is 0. The van der Waals surface area contributed by atoms with Gasteiger partial charge in [0.2, 0.25) is 11.5 Å². The number of phenols is 2. The number of hydrogen-bond acceptors (Lipinski definition) is 6. The van der Waals surface area contributed by atoms with Gasteiger partial charge >= 0.3 is 11.4 Å². The Bertz CT molecular complexity index is 741. The molecule has 0 saturated carbocycles. The average Bonchev–Trinajstić information content (AvgIpc) is 2.43. The zero-order valence-corrected chi connectivity index (χ0v) is 10.5. The summed E-state index contributed by atoms with van der Waals surface area (Å²) in [5, 5.41) is 39.9. The molecule has 0 bridgehead atoms. The maximum atomic E-state index is 13.5. The molecule has 8 nitrogen and oxygen atoms in total. The van der Waals surface area contributed by atoms with Crippen LogP contribution in [0.25, 0.3) is 11.1 Å². The van der Waals surface area contributed by atoms with E-state index in [2.05, 4.69) is 0 Å². The van der Waals surface area contributed by atoms with Crippen molar-refractivity contribution >= 4 is 11.4 Å². The van der Waals surface area contributed by atoms with E-state index in [0.717, 1.165) is 12.1 Å². The molecule has 22 heavy (non-hydrogen) atoms. The summed E-state index contributed by atoms with van der Waals surface area (Å²) in [6.07, 6.45) is 0. The number of phenolic OH excluding ortho intramolecular Hbond substituents is 2. The summed E-state index contributed by atoms with van der Waals surface area (Å²) in [5.41, 5.74) is -2.51. The predicted octanol–water partition coefficient (Wildman–Crippen LogP) is 2.86. The van der Waals surface area contributed by atoms with Crippen LogP contribution >= 0.6 is 0 Å². The topological polar surface area (TPSA) is 127 Å². The molecule has 0 radical (unpaired) electrons. The molecule has 0 fully saturated rings. The molecule has 0 unspecified atom stereocenters. The van der Waals surface area contributed by atoms with Crippen molar-refractivity contribution in [1.82, 2.24) is 0 Å². The van der Waals surface area contributed by atoms with Gasteiger partial charge in [0, 0.05) is 12.1 Å². The summed E-state index contributed by atoms with van der Waals surface area (Å²) in [6, 6.07) is 2.76. The fourth-order valence-corrected chi connectivity index (χ4v) is 1.78. The number of nitro benzene ring substituents is 2. The van der Waals surface area contributed by atoms with Gasteiger partial charge in [0.15, 0.2) is 11.6 Å². The van der Waals surface area contributed by atoms with Gasteiger partial charge in [-0.25, -0.2) is 8.78 Å². The highest BCUT2D eigenvalue weighted by Gasteiger charge is 2.23. The van der Waals surface area contributed by atoms with Gasteiger partial charge in [-0.3, -0.25) is 20.2 Å². The molecular formula is C12H6F2N2O6. The Hall–Kier alpha value is -3.30. The molecule has 0 aliphatic rings. The lowest BCUT2D eigenvalue weighted by Gasteiger charge is -2.06. The van der Waals surface area contributed by atoms with Crippen molar-refractivity contribution in [2.75, 3.05) is 0 Å². The molecule has 0 saturated heterocycles. The molecule has 10 heteroatoms. The molecule has 0 amide bonds. The zero-order valence-electron chi connectivity index (χ0n) is 10.5. The summed E-state index contributed by atoms with van der Waals surface area (Å²) >= 11 is 0. The van der Waals surface area contributed by atoms with Crippen LogP contribution in [-0.4, -0.2) is 20.1 Å². The van der Waals surface area contributed by atoms with E-state index < -0.39 is 44.4 Å². The lowest BCUT2D eigenvalue weighted by molar-refractivity contribution is -0.386. The average molecular weight is 312 g/mol. The van der Waals surface area contributed by atoms with E-state index in [-0.39, 0.29) is 11.1 Å². The predicted molar refractivity (Wildman–Crippen MR) is 68.4 cm³/mol. The number of halogens is 2. The van der Waals surface area contributed by atoms with E-state index in [1.165, 1.54) is 0 Å².